The molecule has 23 heteroatoms. The minimum absolute atomic E-state index is 1.10. The molecular weight excluding hydrogens is 570 g/mol. The van der Waals surface area contributed by atoms with E-state index in [1.54, 1.807) is 4.74 Å². The zero-order chi connectivity index (χ0) is 28.4. The maximum atomic E-state index is 13.8. The summed E-state index contributed by atoms with van der Waals surface area (Å²) >= 11 is 0. The SMILES string of the molecule is CC(F)(F)C(F)(F)C(F)(F)C(C)(F)OC(F)(F)C(F)(OC(F)(F)C(F)(F)S(=O)(=O)F)C(F)(F)F. The summed E-state index contributed by atoms with van der Waals surface area (Å²) in [4.78, 5) is 0. The lowest BCUT2D eigenvalue weighted by Gasteiger charge is -2.42. The molecule has 34 heavy (non-hydrogen) atoms. The zero-order valence-corrected chi connectivity index (χ0v) is 16.2. The first kappa shape index (κ1) is 32.6. The van der Waals surface area contributed by atoms with Crippen molar-refractivity contribution in [1.29, 1.82) is 0 Å². The van der Waals surface area contributed by atoms with E-state index in [2.05, 4.69) is 0 Å². The molecule has 0 aromatic heterocycles. The Balaban J connectivity index is 6.77. The Hall–Kier alpha value is -1.39. The summed E-state index contributed by atoms with van der Waals surface area (Å²) in [6.45, 7) is -2.57. The van der Waals surface area contributed by atoms with Crippen LogP contribution in [0.15, 0.2) is 0 Å². The lowest BCUT2D eigenvalue weighted by atomic mass is 9.99. The van der Waals surface area contributed by atoms with Crippen molar-refractivity contribution in [3.63, 3.8) is 0 Å². The van der Waals surface area contributed by atoms with Crippen LogP contribution in [-0.4, -0.2) is 61.5 Å². The zero-order valence-electron chi connectivity index (χ0n) is 15.3. The summed E-state index contributed by atoms with van der Waals surface area (Å²) in [5.74, 6) is -35.2. The van der Waals surface area contributed by atoms with Crippen LogP contribution in [0.3, 0.4) is 0 Å². The van der Waals surface area contributed by atoms with E-state index in [1.165, 1.54) is 4.74 Å². The van der Waals surface area contributed by atoms with Gasteiger partial charge >= 0.3 is 57.5 Å². The predicted molar refractivity (Wildman–Crippen MR) is 67.0 cm³/mol. The van der Waals surface area contributed by atoms with Crippen molar-refractivity contribution in [1.82, 2.24) is 0 Å². The quantitative estimate of drug-likeness (QED) is 0.239. The van der Waals surface area contributed by atoms with Gasteiger partial charge in [0.25, 0.3) is 5.85 Å². The van der Waals surface area contributed by atoms with Crippen molar-refractivity contribution in [2.45, 2.75) is 67.0 Å². The first-order valence-electron chi connectivity index (χ1n) is 7.22. The van der Waals surface area contributed by atoms with E-state index in [4.69, 9.17) is 0 Å². The van der Waals surface area contributed by atoms with Gasteiger partial charge in [0, 0.05) is 13.8 Å². The first-order chi connectivity index (χ1) is 14.2. The van der Waals surface area contributed by atoms with Gasteiger partial charge in [0.2, 0.25) is 0 Å². The molecular formula is C11H6F18O4S. The van der Waals surface area contributed by atoms with Gasteiger partial charge < -0.3 is 0 Å². The Morgan fingerprint density at radius 2 is 0.912 bits per heavy atom. The highest BCUT2D eigenvalue weighted by molar-refractivity contribution is 7.87. The van der Waals surface area contributed by atoms with Crippen LogP contribution in [0.1, 0.15) is 13.8 Å². The smallest absolute Gasteiger partial charge is 0.272 e. The molecule has 0 heterocycles. The molecule has 2 unspecified atom stereocenters. The van der Waals surface area contributed by atoms with Crippen LogP contribution in [0.25, 0.3) is 0 Å². The van der Waals surface area contributed by atoms with Crippen LogP contribution in [-0.2, 0) is 19.7 Å². The van der Waals surface area contributed by atoms with Gasteiger partial charge in [0.1, 0.15) is 0 Å². The summed E-state index contributed by atoms with van der Waals surface area (Å²) in [5.41, 5.74) is 0. The third kappa shape index (κ3) is 4.95. The highest BCUT2D eigenvalue weighted by Gasteiger charge is 2.85. The molecule has 0 bridgehead atoms. The van der Waals surface area contributed by atoms with E-state index in [0.29, 0.717) is 0 Å². The highest BCUT2D eigenvalue weighted by atomic mass is 32.3. The van der Waals surface area contributed by atoms with Gasteiger partial charge in [-0.05, 0) is 0 Å². The Morgan fingerprint density at radius 1 is 0.559 bits per heavy atom. The fourth-order valence-electron chi connectivity index (χ4n) is 1.59. The van der Waals surface area contributed by atoms with Crippen LogP contribution in [0.2, 0.25) is 0 Å². The second-order valence-electron chi connectivity index (χ2n) is 6.24. The van der Waals surface area contributed by atoms with Gasteiger partial charge in [-0.15, -0.1) is 0 Å². The summed E-state index contributed by atoms with van der Waals surface area (Å²) in [6.07, 6.45) is -23.7. The van der Waals surface area contributed by atoms with Gasteiger partial charge in [0.15, 0.2) is 0 Å². The Kier molecular flexibility index (Phi) is 7.73. The number of ether oxygens (including phenoxy) is 2. The predicted octanol–water partition coefficient (Wildman–Crippen LogP) is 5.94. The monoisotopic (exact) mass is 576 g/mol. The molecule has 0 aromatic rings. The molecule has 0 aliphatic rings. The Morgan fingerprint density at radius 3 is 1.18 bits per heavy atom. The van der Waals surface area contributed by atoms with Gasteiger partial charge in [0.05, 0.1) is 0 Å². The minimum atomic E-state index is -8.12. The lowest BCUT2D eigenvalue weighted by molar-refractivity contribution is -0.538. The molecule has 206 valence electrons. The molecule has 0 fully saturated rings. The topological polar surface area (TPSA) is 52.6 Å². The van der Waals surface area contributed by atoms with E-state index in [-0.39, 0.29) is 0 Å². The highest BCUT2D eigenvalue weighted by Crippen LogP contribution is 2.57. The van der Waals surface area contributed by atoms with Gasteiger partial charge in [-0.3, -0.25) is 9.47 Å². The molecule has 0 rings (SSSR count). The third-order valence-corrected chi connectivity index (χ3v) is 4.33. The van der Waals surface area contributed by atoms with Gasteiger partial charge in [-0.25, -0.2) is 4.39 Å². The summed E-state index contributed by atoms with van der Waals surface area (Å²) in [7, 11) is -8.12. The standard InChI is InChI=1S/C11H6F18O4S/c1-3(12,13)5(15,16)6(17,18)4(2,14)32-9(23,24)7(19,8(20,21)22)33-10(25,26)11(27,28)34(29,30)31/h1-2H3. The van der Waals surface area contributed by atoms with Crippen molar-refractivity contribution < 1.29 is 96.4 Å². The average molecular weight is 576 g/mol. The van der Waals surface area contributed by atoms with E-state index in [9.17, 15) is 86.9 Å². The Bertz CT molecular complexity index is 856. The van der Waals surface area contributed by atoms with Gasteiger partial charge in [-0.1, -0.05) is 3.89 Å². The molecule has 0 aliphatic carbocycles. The van der Waals surface area contributed by atoms with Crippen molar-refractivity contribution in [3.05, 3.63) is 0 Å². The van der Waals surface area contributed by atoms with E-state index in [0.717, 1.165) is 0 Å². The maximum Gasteiger partial charge on any atom is 0.464 e. The van der Waals surface area contributed by atoms with Crippen LogP contribution >= 0.6 is 0 Å². The molecule has 0 spiro atoms. The molecule has 0 amide bonds. The molecule has 4 nitrogen and oxygen atoms in total. The Labute approximate surface area is 175 Å². The molecule has 0 saturated heterocycles. The van der Waals surface area contributed by atoms with Gasteiger partial charge in [-0.2, -0.15) is 78.7 Å². The van der Waals surface area contributed by atoms with Crippen LogP contribution in [0, 0.1) is 0 Å². The van der Waals surface area contributed by atoms with Crippen LogP contribution in [0.5, 0.6) is 0 Å². The number of hydrogen-bond donors (Lipinski definition) is 0. The van der Waals surface area contributed by atoms with Crippen molar-refractivity contribution in [2.24, 2.45) is 0 Å². The minimum Gasteiger partial charge on any atom is -0.272 e. The summed E-state index contributed by atoms with van der Waals surface area (Å²) in [6, 6.07) is 0. The lowest BCUT2D eigenvalue weighted by Crippen LogP contribution is -2.69. The molecule has 0 radical (unpaired) electrons. The van der Waals surface area contributed by atoms with E-state index < -0.39 is 77.2 Å². The van der Waals surface area contributed by atoms with E-state index >= 15 is 0 Å². The third-order valence-electron chi connectivity index (χ3n) is 3.48. The molecule has 0 saturated carbocycles. The van der Waals surface area contributed by atoms with Crippen molar-refractivity contribution in [2.75, 3.05) is 0 Å². The van der Waals surface area contributed by atoms with Crippen molar-refractivity contribution in [3.8, 4) is 0 Å². The number of alkyl halides is 17. The normalized spacial score (nSPS) is 19.5. The molecule has 0 aliphatic heterocycles. The van der Waals surface area contributed by atoms with Crippen LogP contribution < -0.4 is 0 Å². The maximum absolute atomic E-state index is 13.8. The fourth-order valence-corrected chi connectivity index (χ4v) is 1.91. The summed E-state index contributed by atoms with van der Waals surface area (Å²) in [5, 5.41) is -7.63. The summed E-state index contributed by atoms with van der Waals surface area (Å²) < 4.78 is 258. The average Bonchev–Trinajstić information content (AvgIpc) is 2.49. The number of halogens is 18. The molecule has 0 aromatic carbocycles. The largest absolute Gasteiger partial charge is 0.464 e. The molecule has 0 N–H and O–H groups in total. The first-order valence-corrected chi connectivity index (χ1v) is 8.60. The number of rotatable bonds is 10. The molecule has 2 atom stereocenters. The van der Waals surface area contributed by atoms with E-state index in [1.807, 2.05) is 0 Å². The second-order valence-corrected chi connectivity index (χ2v) is 7.63. The number of hydrogen-bond acceptors (Lipinski definition) is 4. The van der Waals surface area contributed by atoms with Crippen LogP contribution in [0.4, 0.5) is 78.5 Å². The fraction of sp³-hybridized carbons (Fsp3) is 1.00. The second kappa shape index (κ2) is 8.06. The van der Waals surface area contributed by atoms with Crippen molar-refractivity contribution >= 4 is 10.2 Å².